The zero-order valence-electron chi connectivity index (χ0n) is 10.3. The second-order valence-corrected chi connectivity index (χ2v) is 4.38. The van der Waals surface area contributed by atoms with Gasteiger partial charge in [-0.05, 0) is 13.0 Å². The van der Waals surface area contributed by atoms with E-state index < -0.39 is 0 Å². The van der Waals surface area contributed by atoms with E-state index in [0.29, 0.717) is 23.8 Å². The minimum absolute atomic E-state index is 0.106. The Morgan fingerprint density at radius 1 is 1.53 bits per heavy atom. The van der Waals surface area contributed by atoms with Gasteiger partial charge in [0.25, 0.3) is 11.5 Å². The van der Waals surface area contributed by atoms with Crippen molar-refractivity contribution >= 4 is 17.5 Å². The van der Waals surface area contributed by atoms with Gasteiger partial charge in [-0.2, -0.15) is 5.10 Å². The number of aromatic nitrogens is 3. The smallest absolute Gasteiger partial charge is 0.273 e. The summed E-state index contributed by atoms with van der Waals surface area (Å²) in [4.78, 5) is 23.2. The van der Waals surface area contributed by atoms with Crippen molar-refractivity contribution in [3.63, 3.8) is 0 Å². The number of pyridine rings is 1. The molecule has 2 aromatic heterocycles. The molecule has 0 atom stereocenters. The van der Waals surface area contributed by atoms with Gasteiger partial charge < -0.3 is 9.88 Å². The number of aromatic amines is 1. The number of rotatable bonds is 4. The van der Waals surface area contributed by atoms with Gasteiger partial charge in [-0.1, -0.05) is 17.7 Å². The fraction of sp³-hybridized carbons (Fsp3) is 0.250. The molecule has 0 bridgehead atoms. The second kappa shape index (κ2) is 5.71. The third kappa shape index (κ3) is 3.03. The lowest BCUT2D eigenvalue weighted by Crippen LogP contribution is -2.30. The van der Waals surface area contributed by atoms with Gasteiger partial charge in [0.05, 0.1) is 10.7 Å². The largest absolute Gasteiger partial charge is 0.349 e. The van der Waals surface area contributed by atoms with Crippen LogP contribution in [0.3, 0.4) is 0 Å². The van der Waals surface area contributed by atoms with Crippen LogP contribution < -0.4 is 10.9 Å². The van der Waals surface area contributed by atoms with Crippen molar-refractivity contribution in [3.05, 3.63) is 51.2 Å². The highest BCUT2D eigenvalue weighted by molar-refractivity contribution is 6.34. The average Bonchev–Trinajstić information content (AvgIpc) is 2.72. The van der Waals surface area contributed by atoms with E-state index in [1.807, 2.05) is 0 Å². The molecule has 2 rings (SSSR count). The monoisotopic (exact) mass is 280 g/mol. The second-order valence-electron chi connectivity index (χ2n) is 4.00. The molecule has 2 N–H and O–H groups in total. The number of hydrogen-bond acceptors (Lipinski definition) is 3. The molecule has 1 amide bonds. The molecule has 6 nitrogen and oxygen atoms in total. The van der Waals surface area contributed by atoms with Crippen LogP contribution in [0.2, 0.25) is 5.02 Å². The number of amides is 1. The molecule has 0 radical (unpaired) electrons. The van der Waals surface area contributed by atoms with Crippen molar-refractivity contribution in [1.82, 2.24) is 20.1 Å². The van der Waals surface area contributed by atoms with Gasteiger partial charge >= 0.3 is 0 Å². The molecule has 19 heavy (non-hydrogen) atoms. The highest BCUT2D eigenvalue weighted by Gasteiger charge is 2.15. The van der Waals surface area contributed by atoms with E-state index in [0.717, 1.165) is 0 Å². The number of nitrogens with one attached hydrogen (secondary N) is 2. The predicted octanol–water partition coefficient (Wildman–Crippen LogP) is 0.963. The van der Waals surface area contributed by atoms with Gasteiger partial charge in [0, 0.05) is 25.4 Å². The standard InChI is InChI=1S/C12H13ClN4O2/c1-8-10(13)11(16-15-8)12(19)14-5-7-17-6-3-2-4-9(17)18/h2-4,6H,5,7H2,1H3,(H,14,19)(H,15,16). The lowest BCUT2D eigenvalue weighted by atomic mass is 10.3. The van der Waals surface area contributed by atoms with Gasteiger partial charge in [0.2, 0.25) is 0 Å². The van der Waals surface area contributed by atoms with Crippen molar-refractivity contribution in [2.24, 2.45) is 0 Å². The molecule has 2 aromatic rings. The number of halogens is 1. The van der Waals surface area contributed by atoms with Crippen molar-refractivity contribution in [2.45, 2.75) is 13.5 Å². The molecule has 0 unspecified atom stereocenters. The molecule has 0 aliphatic heterocycles. The third-order valence-electron chi connectivity index (χ3n) is 2.62. The first kappa shape index (κ1) is 13.4. The Hall–Kier alpha value is -2.08. The fourth-order valence-corrected chi connectivity index (χ4v) is 1.76. The van der Waals surface area contributed by atoms with Crippen LogP contribution in [0.5, 0.6) is 0 Å². The molecule has 2 heterocycles. The molecule has 100 valence electrons. The van der Waals surface area contributed by atoms with Crippen molar-refractivity contribution in [2.75, 3.05) is 6.54 Å². The van der Waals surface area contributed by atoms with Gasteiger partial charge in [-0.15, -0.1) is 0 Å². The number of carbonyl (C=O) groups excluding carboxylic acids is 1. The zero-order chi connectivity index (χ0) is 13.8. The first-order chi connectivity index (χ1) is 9.09. The lowest BCUT2D eigenvalue weighted by molar-refractivity contribution is 0.0947. The van der Waals surface area contributed by atoms with Gasteiger partial charge in [0.1, 0.15) is 0 Å². The van der Waals surface area contributed by atoms with E-state index in [2.05, 4.69) is 15.5 Å². The summed E-state index contributed by atoms with van der Waals surface area (Å²) in [5.74, 6) is -0.363. The van der Waals surface area contributed by atoms with E-state index >= 15 is 0 Å². The normalized spacial score (nSPS) is 10.4. The number of nitrogens with zero attached hydrogens (tertiary/aromatic N) is 2. The molecular formula is C12H13ClN4O2. The highest BCUT2D eigenvalue weighted by atomic mass is 35.5. The molecular weight excluding hydrogens is 268 g/mol. The first-order valence-electron chi connectivity index (χ1n) is 5.73. The van der Waals surface area contributed by atoms with E-state index in [-0.39, 0.29) is 17.2 Å². The number of aryl methyl sites for hydroxylation is 1. The maximum absolute atomic E-state index is 11.8. The van der Waals surface area contributed by atoms with E-state index in [9.17, 15) is 9.59 Å². The van der Waals surface area contributed by atoms with Crippen molar-refractivity contribution < 1.29 is 4.79 Å². The number of H-pyrrole nitrogens is 1. The fourth-order valence-electron chi connectivity index (χ4n) is 1.58. The number of hydrogen-bond donors (Lipinski definition) is 2. The van der Waals surface area contributed by atoms with Crippen LogP contribution in [0.1, 0.15) is 16.2 Å². The Balaban J connectivity index is 1.93. The Morgan fingerprint density at radius 2 is 2.32 bits per heavy atom. The molecule has 0 saturated carbocycles. The summed E-state index contributed by atoms with van der Waals surface area (Å²) >= 11 is 5.92. The topological polar surface area (TPSA) is 79.8 Å². The minimum atomic E-state index is -0.363. The van der Waals surface area contributed by atoms with Crippen molar-refractivity contribution in [1.29, 1.82) is 0 Å². The summed E-state index contributed by atoms with van der Waals surface area (Å²) in [5, 5.41) is 9.44. The van der Waals surface area contributed by atoms with E-state index in [1.54, 1.807) is 25.3 Å². The molecule has 0 aliphatic rings. The third-order valence-corrected chi connectivity index (χ3v) is 3.09. The molecule has 0 saturated heterocycles. The quantitative estimate of drug-likeness (QED) is 0.875. The molecule has 0 aromatic carbocycles. The predicted molar refractivity (Wildman–Crippen MR) is 71.4 cm³/mol. The molecule has 7 heteroatoms. The molecule has 0 aliphatic carbocycles. The molecule has 0 spiro atoms. The van der Waals surface area contributed by atoms with E-state index in [4.69, 9.17) is 11.6 Å². The molecule has 0 fully saturated rings. The van der Waals surface area contributed by atoms with Gasteiger partial charge in [0.15, 0.2) is 5.69 Å². The Bertz CT molecular complexity index is 647. The summed E-state index contributed by atoms with van der Waals surface area (Å²) in [6.07, 6.45) is 1.67. The minimum Gasteiger partial charge on any atom is -0.349 e. The van der Waals surface area contributed by atoms with Crippen LogP contribution in [0, 0.1) is 6.92 Å². The lowest BCUT2D eigenvalue weighted by Gasteiger charge is -2.06. The first-order valence-corrected chi connectivity index (χ1v) is 6.11. The van der Waals surface area contributed by atoms with Crippen LogP contribution in [0.25, 0.3) is 0 Å². The average molecular weight is 281 g/mol. The van der Waals surface area contributed by atoms with E-state index in [1.165, 1.54) is 10.6 Å². The maximum Gasteiger partial charge on any atom is 0.273 e. The van der Waals surface area contributed by atoms with Crippen LogP contribution in [-0.2, 0) is 6.54 Å². The number of carbonyl (C=O) groups is 1. The summed E-state index contributed by atoms with van der Waals surface area (Å²) in [6, 6.07) is 4.90. The highest BCUT2D eigenvalue weighted by Crippen LogP contribution is 2.16. The van der Waals surface area contributed by atoms with Crippen LogP contribution in [0.4, 0.5) is 0 Å². The van der Waals surface area contributed by atoms with Gasteiger partial charge in [-0.3, -0.25) is 14.7 Å². The summed E-state index contributed by atoms with van der Waals surface area (Å²) in [6.45, 7) is 2.45. The summed E-state index contributed by atoms with van der Waals surface area (Å²) < 4.78 is 1.51. The van der Waals surface area contributed by atoms with Crippen LogP contribution in [0.15, 0.2) is 29.2 Å². The van der Waals surface area contributed by atoms with Crippen LogP contribution in [-0.4, -0.2) is 27.2 Å². The Morgan fingerprint density at radius 3 is 2.95 bits per heavy atom. The SMILES string of the molecule is Cc1[nH]nc(C(=O)NCCn2ccccc2=O)c1Cl. The van der Waals surface area contributed by atoms with Gasteiger partial charge in [-0.25, -0.2) is 0 Å². The van der Waals surface area contributed by atoms with Crippen molar-refractivity contribution in [3.8, 4) is 0 Å². The summed E-state index contributed by atoms with van der Waals surface area (Å²) in [5.41, 5.74) is 0.705. The zero-order valence-corrected chi connectivity index (χ0v) is 11.1. The Kier molecular flexibility index (Phi) is 4.01. The maximum atomic E-state index is 11.8. The summed E-state index contributed by atoms with van der Waals surface area (Å²) in [7, 11) is 0. The Labute approximate surface area is 114 Å². The van der Waals surface area contributed by atoms with Crippen LogP contribution >= 0.6 is 11.6 Å².